The van der Waals surface area contributed by atoms with Crippen molar-refractivity contribution in [3.05, 3.63) is 0 Å². The van der Waals surface area contributed by atoms with Gasteiger partial charge in [-0.25, -0.2) is 8.42 Å². The van der Waals surface area contributed by atoms with Gasteiger partial charge in [0, 0.05) is 11.6 Å². The molecule has 0 heterocycles. The third kappa shape index (κ3) is 6.81. The maximum atomic E-state index is 10.8. The van der Waals surface area contributed by atoms with E-state index in [1.165, 1.54) is 6.26 Å². The number of hydrogen-bond donors (Lipinski definition) is 0. The second kappa shape index (κ2) is 3.90. The van der Waals surface area contributed by atoms with E-state index in [2.05, 4.69) is 15.9 Å². The number of alkyl halides is 1. The van der Waals surface area contributed by atoms with Gasteiger partial charge in [-0.15, -0.1) is 0 Å². The SMILES string of the molecule is CC(C)(CBr)CCS(C)(=O)=O. The maximum absolute atomic E-state index is 10.8. The summed E-state index contributed by atoms with van der Waals surface area (Å²) < 4.78 is 21.6. The van der Waals surface area contributed by atoms with Crippen LogP contribution in [-0.2, 0) is 9.84 Å². The smallest absolute Gasteiger partial charge is 0.147 e. The van der Waals surface area contributed by atoms with E-state index >= 15 is 0 Å². The van der Waals surface area contributed by atoms with Gasteiger partial charge in [0.1, 0.15) is 9.84 Å². The number of rotatable bonds is 4. The summed E-state index contributed by atoms with van der Waals surface area (Å²) >= 11 is 3.34. The van der Waals surface area contributed by atoms with Crippen molar-refractivity contribution in [2.24, 2.45) is 5.41 Å². The van der Waals surface area contributed by atoms with E-state index < -0.39 is 9.84 Å². The monoisotopic (exact) mass is 242 g/mol. The molecule has 0 bridgehead atoms. The summed E-state index contributed by atoms with van der Waals surface area (Å²) in [6.45, 7) is 4.10. The Hall–Kier alpha value is 0.430. The topological polar surface area (TPSA) is 34.1 Å². The van der Waals surface area contributed by atoms with Crippen LogP contribution in [0.2, 0.25) is 0 Å². The molecule has 0 spiro atoms. The van der Waals surface area contributed by atoms with Gasteiger partial charge in [0.25, 0.3) is 0 Å². The summed E-state index contributed by atoms with van der Waals surface area (Å²) in [7, 11) is -2.79. The fourth-order valence-corrected chi connectivity index (χ4v) is 1.73. The molecule has 0 aromatic rings. The van der Waals surface area contributed by atoms with Crippen LogP contribution in [0.15, 0.2) is 0 Å². The molecule has 0 atom stereocenters. The molecule has 0 aliphatic rings. The van der Waals surface area contributed by atoms with Gasteiger partial charge in [-0.05, 0) is 11.8 Å². The summed E-state index contributed by atoms with van der Waals surface area (Å²) in [6.07, 6.45) is 1.99. The van der Waals surface area contributed by atoms with Crippen molar-refractivity contribution in [2.75, 3.05) is 17.3 Å². The minimum atomic E-state index is -2.79. The molecule has 0 saturated heterocycles. The molecule has 0 aliphatic heterocycles. The van der Waals surface area contributed by atoms with Crippen molar-refractivity contribution in [3.8, 4) is 0 Å². The number of sulfone groups is 1. The second-order valence-corrected chi connectivity index (χ2v) is 6.50. The molecule has 0 fully saturated rings. The fourth-order valence-electron chi connectivity index (χ4n) is 0.529. The van der Waals surface area contributed by atoms with Crippen molar-refractivity contribution < 1.29 is 8.42 Å². The van der Waals surface area contributed by atoms with Crippen LogP contribution >= 0.6 is 15.9 Å². The molecule has 0 rings (SSSR count). The van der Waals surface area contributed by atoms with Crippen molar-refractivity contribution in [1.82, 2.24) is 0 Å². The molecule has 0 aromatic heterocycles. The lowest BCUT2D eigenvalue weighted by atomic mass is 9.93. The van der Waals surface area contributed by atoms with Gasteiger partial charge in [-0.2, -0.15) is 0 Å². The van der Waals surface area contributed by atoms with Crippen LogP contribution in [0.1, 0.15) is 20.3 Å². The Bertz CT molecular complexity index is 206. The molecular formula is C7H15BrO2S. The predicted molar refractivity (Wildman–Crippen MR) is 51.9 cm³/mol. The minimum Gasteiger partial charge on any atom is -0.229 e. The molecule has 0 unspecified atom stereocenters. The molecule has 0 saturated carbocycles. The summed E-state index contributed by atoms with van der Waals surface area (Å²) in [4.78, 5) is 0. The van der Waals surface area contributed by atoms with Gasteiger partial charge in [0.15, 0.2) is 0 Å². The molecule has 2 nitrogen and oxygen atoms in total. The maximum Gasteiger partial charge on any atom is 0.147 e. The Morgan fingerprint density at radius 1 is 1.36 bits per heavy atom. The minimum absolute atomic E-state index is 0.0864. The van der Waals surface area contributed by atoms with E-state index in [1.54, 1.807) is 0 Å². The molecule has 0 radical (unpaired) electrons. The zero-order valence-electron chi connectivity index (χ0n) is 7.22. The average Bonchev–Trinajstić information content (AvgIpc) is 1.83. The second-order valence-electron chi connectivity index (χ2n) is 3.68. The highest BCUT2D eigenvalue weighted by Crippen LogP contribution is 2.23. The highest BCUT2D eigenvalue weighted by molar-refractivity contribution is 9.09. The third-order valence-electron chi connectivity index (χ3n) is 1.51. The van der Waals surface area contributed by atoms with Crippen LogP contribution in [0.4, 0.5) is 0 Å². The summed E-state index contributed by atoms with van der Waals surface area (Å²) in [5.74, 6) is 0.283. The predicted octanol–water partition coefficient (Wildman–Crippen LogP) is 1.84. The zero-order valence-corrected chi connectivity index (χ0v) is 9.63. The lowest BCUT2D eigenvalue weighted by Crippen LogP contribution is -2.18. The number of hydrogen-bond acceptors (Lipinski definition) is 2. The first-order valence-electron chi connectivity index (χ1n) is 3.50. The van der Waals surface area contributed by atoms with E-state index in [0.29, 0.717) is 0 Å². The van der Waals surface area contributed by atoms with E-state index in [4.69, 9.17) is 0 Å². The van der Waals surface area contributed by atoms with Crippen molar-refractivity contribution in [3.63, 3.8) is 0 Å². The molecule has 0 N–H and O–H groups in total. The number of halogens is 1. The van der Waals surface area contributed by atoms with E-state index in [1.807, 2.05) is 13.8 Å². The highest BCUT2D eigenvalue weighted by Gasteiger charge is 2.18. The Kier molecular flexibility index (Phi) is 4.05. The Labute approximate surface area is 77.4 Å². The molecule has 11 heavy (non-hydrogen) atoms. The lowest BCUT2D eigenvalue weighted by molar-refractivity contribution is 0.410. The summed E-state index contributed by atoms with van der Waals surface area (Å²) in [5.41, 5.74) is 0.0864. The van der Waals surface area contributed by atoms with Crippen molar-refractivity contribution >= 4 is 25.8 Å². The van der Waals surface area contributed by atoms with Gasteiger partial charge in [-0.1, -0.05) is 29.8 Å². The first-order chi connectivity index (χ1) is 4.77. The van der Waals surface area contributed by atoms with Crippen LogP contribution in [0.25, 0.3) is 0 Å². The van der Waals surface area contributed by atoms with Crippen LogP contribution in [0.3, 0.4) is 0 Å². The molecule has 4 heteroatoms. The van der Waals surface area contributed by atoms with Crippen LogP contribution in [-0.4, -0.2) is 25.8 Å². The largest absolute Gasteiger partial charge is 0.229 e. The molecule has 0 aromatic carbocycles. The molecule has 68 valence electrons. The van der Waals surface area contributed by atoms with Gasteiger partial charge >= 0.3 is 0 Å². The molecule has 0 aliphatic carbocycles. The Balaban J connectivity index is 3.90. The standard InChI is InChI=1S/C7H15BrO2S/c1-7(2,6-8)4-5-11(3,9)10/h4-6H2,1-3H3. The van der Waals surface area contributed by atoms with Gasteiger partial charge in [-0.3, -0.25) is 0 Å². The van der Waals surface area contributed by atoms with Gasteiger partial charge in [0.2, 0.25) is 0 Å². The zero-order chi connectivity index (χ0) is 9.12. The average molecular weight is 243 g/mol. The first kappa shape index (κ1) is 11.4. The van der Waals surface area contributed by atoms with E-state index in [9.17, 15) is 8.42 Å². The quantitative estimate of drug-likeness (QED) is 0.706. The fraction of sp³-hybridized carbons (Fsp3) is 1.00. The van der Waals surface area contributed by atoms with Crippen molar-refractivity contribution in [1.29, 1.82) is 0 Å². The lowest BCUT2D eigenvalue weighted by Gasteiger charge is -2.20. The highest BCUT2D eigenvalue weighted by atomic mass is 79.9. The Morgan fingerprint density at radius 3 is 2.09 bits per heavy atom. The van der Waals surface area contributed by atoms with Crippen molar-refractivity contribution in [2.45, 2.75) is 20.3 Å². The Morgan fingerprint density at radius 2 is 1.82 bits per heavy atom. The molecular weight excluding hydrogens is 228 g/mol. The van der Waals surface area contributed by atoms with Crippen LogP contribution < -0.4 is 0 Å². The summed E-state index contributed by atoms with van der Waals surface area (Å²) in [5, 5.41) is 0.843. The first-order valence-corrected chi connectivity index (χ1v) is 6.69. The molecule has 0 amide bonds. The normalized spacial score (nSPS) is 13.5. The van der Waals surface area contributed by atoms with Gasteiger partial charge < -0.3 is 0 Å². The van der Waals surface area contributed by atoms with E-state index in [-0.39, 0.29) is 11.2 Å². The van der Waals surface area contributed by atoms with E-state index in [0.717, 1.165) is 11.8 Å². The summed E-state index contributed by atoms with van der Waals surface area (Å²) in [6, 6.07) is 0. The van der Waals surface area contributed by atoms with Gasteiger partial charge in [0.05, 0.1) is 5.75 Å². The van der Waals surface area contributed by atoms with Crippen LogP contribution in [0.5, 0.6) is 0 Å². The third-order valence-corrected chi connectivity index (χ3v) is 3.98. The van der Waals surface area contributed by atoms with Crippen LogP contribution in [0, 0.1) is 5.41 Å².